The van der Waals surface area contributed by atoms with Crippen molar-refractivity contribution in [2.45, 2.75) is 32.3 Å². The molecule has 1 aliphatic carbocycles. The zero-order valence-corrected chi connectivity index (χ0v) is 19.7. The number of aryl methyl sites for hydroxylation is 1. The Morgan fingerprint density at radius 1 is 1.24 bits per heavy atom. The molecular weight excluding hydrogens is 466 g/mol. The molecule has 3 aromatic heterocycles. The monoisotopic (exact) mass is 487 g/mol. The molecule has 11 heteroatoms. The third kappa shape index (κ3) is 4.25. The van der Waals surface area contributed by atoms with Gasteiger partial charge in [-0.1, -0.05) is 16.7 Å². The van der Waals surface area contributed by atoms with Gasteiger partial charge in [-0.3, -0.25) is 15.1 Å². The highest BCUT2D eigenvalue weighted by Crippen LogP contribution is 2.49. The normalized spacial score (nSPS) is 21.6. The molecule has 2 fully saturated rings. The van der Waals surface area contributed by atoms with Crippen LogP contribution in [0.15, 0.2) is 24.5 Å². The molecule has 0 aromatic carbocycles. The fourth-order valence-corrected chi connectivity index (χ4v) is 5.07. The van der Waals surface area contributed by atoms with Crippen LogP contribution < -0.4 is 14.8 Å². The molecule has 172 valence electrons. The molecule has 1 N–H and O–H groups in total. The number of nitrogens with one attached hydrogen (secondary N) is 1. The Morgan fingerprint density at radius 2 is 2.12 bits per heavy atom. The van der Waals surface area contributed by atoms with Gasteiger partial charge in [0, 0.05) is 35.0 Å². The summed E-state index contributed by atoms with van der Waals surface area (Å²) in [6.07, 6.45) is 6.20. The quantitative estimate of drug-likeness (QED) is 0.516. The van der Waals surface area contributed by atoms with Crippen LogP contribution in [0.4, 0.5) is 5.13 Å². The van der Waals surface area contributed by atoms with Crippen molar-refractivity contribution >= 4 is 34.0 Å². The van der Waals surface area contributed by atoms with Gasteiger partial charge in [-0.05, 0) is 49.7 Å². The van der Waals surface area contributed by atoms with E-state index in [2.05, 4.69) is 25.5 Å². The summed E-state index contributed by atoms with van der Waals surface area (Å²) in [6.45, 7) is 3.35. The number of hydrogen-bond donors (Lipinski definition) is 1. The Hall–Kier alpha value is -2.82. The summed E-state index contributed by atoms with van der Waals surface area (Å²) in [4.78, 5) is 21.5. The summed E-state index contributed by atoms with van der Waals surface area (Å²) in [5, 5.41) is 12.1. The van der Waals surface area contributed by atoms with Gasteiger partial charge in [0.25, 0.3) is 11.1 Å². The highest BCUT2D eigenvalue weighted by Gasteiger charge is 2.51. The maximum atomic E-state index is 13.1. The van der Waals surface area contributed by atoms with Crippen molar-refractivity contribution in [1.29, 1.82) is 0 Å². The van der Waals surface area contributed by atoms with E-state index >= 15 is 0 Å². The van der Waals surface area contributed by atoms with Gasteiger partial charge in [-0.15, -0.1) is 5.10 Å². The number of methoxy groups -OCH3 is 1. The number of carbonyl (C=O) groups is 1. The van der Waals surface area contributed by atoms with Crippen LogP contribution in [0.5, 0.6) is 10.9 Å². The van der Waals surface area contributed by atoms with Gasteiger partial charge in [0.2, 0.25) is 5.13 Å². The van der Waals surface area contributed by atoms with E-state index in [1.165, 1.54) is 30.8 Å². The summed E-state index contributed by atoms with van der Waals surface area (Å²) in [5.74, 6) is 0.121. The van der Waals surface area contributed by atoms with E-state index < -0.39 is 0 Å². The van der Waals surface area contributed by atoms with E-state index in [0.29, 0.717) is 37.9 Å². The minimum absolute atomic E-state index is 0.0771. The lowest BCUT2D eigenvalue weighted by atomic mass is 9.66. The van der Waals surface area contributed by atoms with Crippen LogP contribution in [-0.4, -0.2) is 52.5 Å². The van der Waals surface area contributed by atoms with Crippen LogP contribution in [0, 0.1) is 12.3 Å². The number of pyridine rings is 2. The average Bonchev–Trinajstić information content (AvgIpc) is 3.48. The van der Waals surface area contributed by atoms with Crippen molar-refractivity contribution in [3.05, 3.63) is 40.9 Å². The summed E-state index contributed by atoms with van der Waals surface area (Å²) < 4.78 is 17.1. The lowest BCUT2D eigenvalue weighted by Crippen LogP contribution is -2.48. The number of ether oxygens (including phenoxy) is 3. The smallest absolute Gasteiger partial charge is 0.296 e. The number of aromatic nitrogens is 4. The number of hydrogen-bond acceptors (Lipinski definition) is 9. The maximum Gasteiger partial charge on any atom is 0.296 e. The van der Waals surface area contributed by atoms with Crippen molar-refractivity contribution in [1.82, 2.24) is 20.2 Å². The summed E-state index contributed by atoms with van der Waals surface area (Å²) >= 11 is 7.31. The van der Waals surface area contributed by atoms with E-state index in [1.54, 1.807) is 12.1 Å². The lowest BCUT2D eigenvalue weighted by molar-refractivity contribution is -0.0498. The first-order valence-corrected chi connectivity index (χ1v) is 11.7. The van der Waals surface area contributed by atoms with E-state index in [1.807, 2.05) is 6.92 Å². The minimum Gasteiger partial charge on any atom is -0.494 e. The third-order valence-electron chi connectivity index (χ3n) is 6.22. The van der Waals surface area contributed by atoms with Gasteiger partial charge in [-0.2, -0.15) is 0 Å². The van der Waals surface area contributed by atoms with Gasteiger partial charge in [-0.25, -0.2) is 4.98 Å². The summed E-state index contributed by atoms with van der Waals surface area (Å²) in [6, 6.07) is 3.46. The molecule has 0 bridgehead atoms. The molecule has 9 nitrogen and oxygen atoms in total. The predicted molar refractivity (Wildman–Crippen MR) is 123 cm³/mol. The zero-order chi connectivity index (χ0) is 23.0. The molecule has 1 saturated carbocycles. The number of carbonyl (C=O) groups excluding carboxylic acids is 1. The number of rotatable bonds is 6. The third-order valence-corrected chi connectivity index (χ3v) is 7.16. The van der Waals surface area contributed by atoms with E-state index in [9.17, 15) is 4.79 Å². The molecule has 0 radical (unpaired) electrons. The van der Waals surface area contributed by atoms with Crippen molar-refractivity contribution in [2.75, 3.05) is 25.6 Å². The van der Waals surface area contributed by atoms with Crippen LogP contribution in [0.1, 0.15) is 35.3 Å². The Balaban J connectivity index is 1.36. The number of amides is 1. The van der Waals surface area contributed by atoms with Crippen molar-refractivity contribution < 1.29 is 19.0 Å². The fraction of sp³-hybridized carbons (Fsp3) is 0.409. The number of anilines is 1. The molecule has 33 heavy (non-hydrogen) atoms. The van der Waals surface area contributed by atoms with Gasteiger partial charge >= 0.3 is 0 Å². The molecule has 3 aromatic rings. The van der Waals surface area contributed by atoms with Gasteiger partial charge in [0.1, 0.15) is 17.0 Å². The van der Waals surface area contributed by atoms with Crippen molar-refractivity contribution in [3.8, 4) is 22.1 Å². The predicted octanol–water partition coefficient (Wildman–Crippen LogP) is 4.17. The Labute approximate surface area is 199 Å². The average molecular weight is 488 g/mol. The molecule has 1 spiro atoms. The molecule has 4 heterocycles. The molecular formula is C22H22ClN5O4S. The van der Waals surface area contributed by atoms with Crippen LogP contribution >= 0.6 is 22.9 Å². The first kappa shape index (κ1) is 22.0. The molecule has 5 rings (SSSR count). The Kier molecular flexibility index (Phi) is 5.90. The van der Waals surface area contributed by atoms with E-state index in [-0.39, 0.29) is 17.4 Å². The highest BCUT2D eigenvalue weighted by atomic mass is 35.5. The Bertz CT molecular complexity index is 1200. The first-order chi connectivity index (χ1) is 16.0. The van der Waals surface area contributed by atoms with Crippen molar-refractivity contribution in [3.63, 3.8) is 0 Å². The molecule has 1 aliphatic heterocycles. The molecule has 2 atom stereocenters. The lowest BCUT2D eigenvalue weighted by Gasteiger charge is -2.44. The van der Waals surface area contributed by atoms with E-state index in [4.69, 9.17) is 25.8 Å². The molecule has 1 amide bonds. The van der Waals surface area contributed by atoms with Gasteiger partial charge in [0.15, 0.2) is 0 Å². The van der Waals surface area contributed by atoms with Crippen molar-refractivity contribution in [2.24, 2.45) is 5.41 Å². The van der Waals surface area contributed by atoms with Gasteiger partial charge in [0.05, 0.1) is 25.5 Å². The van der Waals surface area contributed by atoms with E-state index in [0.717, 1.165) is 38.2 Å². The second-order valence-corrected chi connectivity index (χ2v) is 9.54. The molecule has 2 aliphatic rings. The summed E-state index contributed by atoms with van der Waals surface area (Å²) in [5.41, 5.74) is 2.46. The topological polar surface area (TPSA) is 108 Å². The standard InChI is InChI=1S/C22H22ClN5O4S/c1-12-7-13(14-8-18(23)25-10-16(14)30-2)15(9-24-12)19(29)26-20-27-28-21(33-20)32-17-3-4-22(17)5-6-31-11-22/h7-10,17H,3-6,11H2,1-2H3,(H,26,27,29)/t17-,22+/m1/s1. The minimum atomic E-state index is -0.375. The molecule has 0 unspecified atom stereocenters. The second kappa shape index (κ2) is 8.85. The first-order valence-electron chi connectivity index (χ1n) is 10.5. The van der Waals surface area contributed by atoms with Crippen LogP contribution in [0.3, 0.4) is 0 Å². The number of halogens is 1. The zero-order valence-electron chi connectivity index (χ0n) is 18.1. The maximum absolute atomic E-state index is 13.1. The van der Waals surface area contributed by atoms with Gasteiger partial charge < -0.3 is 14.2 Å². The summed E-state index contributed by atoms with van der Waals surface area (Å²) in [7, 11) is 1.54. The molecule has 1 saturated heterocycles. The SMILES string of the molecule is COc1cnc(Cl)cc1-c1cc(C)ncc1C(=O)Nc1nnc(O[C@@H]2CC[C@@]23CCOC3)s1. The van der Waals surface area contributed by atoms with Crippen LogP contribution in [0.25, 0.3) is 11.1 Å². The number of nitrogens with zero attached hydrogens (tertiary/aromatic N) is 4. The highest BCUT2D eigenvalue weighted by molar-refractivity contribution is 7.17. The largest absolute Gasteiger partial charge is 0.494 e. The van der Waals surface area contributed by atoms with Crippen LogP contribution in [0.2, 0.25) is 5.15 Å². The second-order valence-electron chi connectivity index (χ2n) is 8.22. The Morgan fingerprint density at radius 3 is 2.85 bits per heavy atom. The fourth-order valence-electron chi connectivity index (χ4n) is 4.28. The van der Waals surface area contributed by atoms with Crippen LogP contribution in [-0.2, 0) is 4.74 Å².